The van der Waals surface area contributed by atoms with Gasteiger partial charge >= 0.3 is 6.03 Å². The van der Waals surface area contributed by atoms with Crippen molar-refractivity contribution in [2.45, 2.75) is 26.2 Å². The van der Waals surface area contributed by atoms with E-state index in [-0.39, 0.29) is 17.6 Å². The number of nitrogens with one attached hydrogen (secondary N) is 1. The average Bonchev–Trinajstić information content (AvgIpc) is 3.01. The standard InChI is InChI=1S/C19H23N5O3S/c1-4-20-14-9-8-11(10-21-14)15(25)12-6-5-7-13-17(16(12)26)28-18(22-13)23-19(27)24(2)3/h8-10,12H,4-7H2,1-3H3,(H,20,21)(H,22,23,27)/p+1. The fourth-order valence-corrected chi connectivity index (χ4v) is 4.06. The van der Waals surface area contributed by atoms with E-state index < -0.39 is 5.92 Å². The van der Waals surface area contributed by atoms with Crippen LogP contribution in [0, 0.1) is 5.92 Å². The topological polar surface area (TPSA) is 109 Å². The minimum absolute atomic E-state index is 0.208. The highest BCUT2D eigenvalue weighted by Gasteiger charge is 2.34. The number of nitrogens with zero attached hydrogens (tertiary/aromatic N) is 3. The molecule has 2 amide bonds. The van der Waals surface area contributed by atoms with Crippen molar-refractivity contribution < 1.29 is 19.7 Å². The van der Waals surface area contributed by atoms with Gasteiger partial charge in [0.2, 0.25) is 5.82 Å². The number of rotatable bonds is 5. The maximum absolute atomic E-state index is 13.1. The average molecular weight is 403 g/mol. The normalized spacial score (nSPS) is 16.2. The summed E-state index contributed by atoms with van der Waals surface area (Å²) >= 11 is 1.14. The lowest BCUT2D eigenvalue weighted by Gasteiger charge is -2.12. The van der Waals surface area contributed by atoms with Crippen LogP contribution in [0.4, 0.5) is 15.7 Å². The van der Waals surface area contributed by atoms with E-state index in [2.05, 4.69) is 15.3 Å². The third-order valence-electron chi connectivity index (χ3n) is 4.56. The molecule has 8 nitrogen and oxygen atoms in total. The number of fused-ring (bicyclic) bond motifs is 1. The number of Topliss-reactive ketones (excluding diaryl/α,β-unsaturated/α-hetero) is 2. The molecule has 1 aliphatic rings. The second-order valence-corrected chi connectivity index (χ2v) is 7.88. The van der Waals surface area contributed by atoms with Crippen molar-refractivity contribution in [1.29, 1.82) is 0 Å². The zero-order valence-electron chi connectivity index (χ0n) is 16.2. The molecule has 0 saturated heterocycles. The van der Waals surface area contributed by atoms with Crippen molar-refractivity contribution in [3.63, 3.8) is 0 Å². The fraction of sp³-hybridized carbons (Fsp3) is 0.421. The van der Waals surface area contributed by atoms with Gasteiger partial charge in [0.1, 0.15) is 0 Å². The summed E-state index contributed by atoms with van der Waals surface area (Å²) in [5.74, 6) is -0.343. The second kappa shape index (κ2) is 8.57. The monoisotopic (exact) mass is 402 g/mol. The number of thiazole rings is 1. The molecule has 0 aromatic carbocycles. The van der Waals surface area contributed by atoms with Gasteiger partial charge in [-0.3, -0.25) is 20.2 Å². The summed E-state index contributed by atoms with van der Waals surface area (Å²) in [6.07, 6.45) is 3.33. The van der Waals surface area contributed by atoms with E-state index in [0.717, 1.165) is 23.7 Å². The van der Waals surface area contributed by atoms with E-state index in [9.17, 15) is 14.4 Å². The number of anilines is 1. The minimum Gasteiger partial charge on any atom is -0.331 e. The number of quaternary nitrogens is 1. The molecule has 1 atom stereocenters. The highest BCUT2D eigenvalue weighted by molar-refractivity contribution is 7.17. The van der Waals surface area contributed by atoms with Crippen molar-refractivity contribution in [2.75, 3.05) is 26.0 Å². The van der Waals surface area contributed by atoms with E-state index in [1.54, 1.807) is 26.2 Å². The van der Waals surface area contributed by atoms with Crippen LogP contribution in [0.1, 0.15) is 45.5 Å². The highest BCUT2D eigenvalue weighted by Crippen LogP contribution is 2.33. The zero-order chi connectivity index (χ0) is 20.3. The maximum atomic E-state index is 13.1. The molecule has 0 saturated carbocycles. The van der Waals surface area contributed by atoms with Crippen molar-refractivity contribution in [3.8, 4) is 0 Å². The van der Waals surface area contributed by atoms with Crippen LogP contribution in [0.15, 0.2) is 18.3 Å². The second-order valence-electron chi connectivity index (χ2n) is 6.88. The molecule has 0 aliphatic heterocycles. The van der Waals surface area contributed by atoms with E-state index in [1.807, 2.05) is 12.2 Å². The van der Waals surface area contributed by atoms with E-state index in [1.165, 1.54) is 11.1 Å². The Kier molecular flexibility index (Phi) is 6.15. The Hall–Kier alpha value is -2.65. The smallest absolute Gasteiger partial charge is 0.323 e. The molecule has 0 spiro atoms. The van der Waals surface area contributed by atoms with E-state index >= 15 is 0 Å². The fourth-order valence-electron chi connectivity index (χ4n) is 3.07. The number of hydrogen-bond acceptors (Lipinski definition) is 6. The number of urea groups is 1. The van der Waals surface area contributed by atoms with Gasteiger partial charge in [-0.05, 0) is 32.3 Å². The van der Waals surface area contributed by atoms with Crippen molar-refractivity contribution >= 4 is 39.9 Å². The zero-order valence-corrected chi connectivity index (χ0v) is 17.0. The van der Waals surface area contributed by atoms with Gasteiger partial charge in [0, 0.05) is 31.9 Å². The SMILES string of the molecule is CC[NH2+]c1ccc(C(=O)C2CCCc3nc(NC(=O)N(C)C)sc3C2=O)cn1. The van der Waals surface area contributed by atoms with Gasteiger partial charge in [-0.25, -0.2) is 14.8 Å². The van der Waals surface area contributed by atoms with Gasteiger partial charge in [-0.2, -0.15) is 0 Å². The molecule has 0 bridgehead atoms. The lowest BCUT2D eigenvalue weighted by molar-refractivity contribution is -0.571. The van der Waals surface area contributed by atoms with Crippen LogP contribution in [0.25, 0.3) is 0 Å². The molecule has 3 rings (SSSR count). The van der Waals surface area contributed by atoms with Crippen LogP contribution in [0.2, 0.25) is 0 Å². The van der Waals surface area contributed by atoms with E-state index in [4.69, 9.17) is 0 Å². The van der Waals surface area contributed by atoms with Crippen molar-refractivity contribution in [1.82, 2.24) is 14.9 Å². The lowest BCUT2D eigenvalue weighted by Crippen LogP contribution is -2.77. The summed E-state index contributed by atoms with van der Waals surface area (Å²) in [5, 5.41) is 5.03. The molecule has 1 unspecified atom stereocenters. The molecule has 2 aromatic heterocycles. The Balaban J connectivity index is 1.81. The van der Waals surface area contributed by atoms with Gasteiger partial charge in [0.05, 0.1) is 23.0 Å². The number of amides is 2. The maximum Gasteiger partial charge on any atom is 0.323 e. The Morgan fingerprint density at radius 2 is 2.14 bits per heavy atom. The lowest BCUT2D eigenvalue weighted by atomic mass is 9.91. The quantitative estimate of drug-likeness (QED) is 0.451. The Labute approximate surface area is 167 Å². The molecular formula is C19H24N5O3S+. The number of pyridine rings is 1. The van der Waals surface area contributed by atoms with Gasteiger partial charge in [-0.1, -0.05) is 11.3 Å². The van der Waals surface area contributed by atoms with Gasteiger partial charge in [0.15, 0.2) is 16.7 Å². The van der Waals surface area contributed by atoms with Gasteiger partial charge in [0.25, 0.3) is 0 Å². The van der Waals surface area contributed by atoms with Crippen molar-refractivity contribution in [2.24, 2.45) is 5.92 Å². The molecule has 3 N–H and O–H groups in total. The summed E-state index contributed by atoms with van der Waals surface area (Å²) in [6.45, 7) is 2.88. The first-order chi connectivity index (χ1) is 13.4. The third-order valence-corrected chi connectivity index (χ3v) is 5.59. The summed E-state index contributed by atoms with van der Waals surface area (Å²) < 4.78 is 0. The molecule has 148 valence electrons. The number of hydrogen-bond donors (Lipinski definition) is 2. The molecule has 0 radical (unpaired) electrons. The van der Waals surface area contributed by atoms with Gasteiger partial charge in [-0.15, -0.1) is 0 Å². The number of carbonyl (C=O) groups is 3. The minimum atomic E-state index is -0.734. The molecule has 28 heavy (non-hydrogen) atoms. The summed E-state index contributed by atoms with van der Waals surface area (Å²) in [7, 11) is 3.26. The predicted octanol–water partition coefficient (Wildman–Crippen LogP) is 1.86. The summed E-state index contributed by atoms with van der Waals surface area (Å²) in [4.78, 5) is 48.4. The number of aryl methyl sites for hydroxylation is 1. The van der Waals surface area contributed by atoms with Gasteiger partial charge < -0.3 is 4.90 Å². The van der Waals surface area contributed by atoms with Crippen LogP contribution in [-0.4, -0.2) is 53.1 Å². The van der Waals surface area contributed by atoms with Crippen LogP contribution >= 0.6 is 11.3 Å². The Bertz CT molecular complexity index is 891. The summed E-state index contributed by atoms with van der Waals surface area (Å²) in [5.41, 5.74) is 1.10. The van der Waals surface area contributed by atoms with Crippen molar-refractivity contribution in [3.05, 3.63) is 34.5 Å². The first-order valence-electron chi connectivity index (χ1n) is 9.26. The third kappa shape index (κ3) is 4.26. The number of ketones is 2. The first-order valence-corrected chi connectivity index (χ1v) is 10.1. The molecule has 2 heterocycles. The number of nitrogens with two attached hydrogens (primary N) is 1. The van der Waals surface area contributed by atoms with Crippen LogP contribution < -0.4 is 10.6 Å². The highest BCUT2D eigenvalue weighted by atomic mass is 32.1. The van der Waals surface area contributed by atoms with Crippen LogP contribution in [0.3, 0.4) is 0 Å². The number of carbonyl (C=O) groups excluding carboxylic acids is 3. The van der Waals surface area contributed by atoms with Crippen LogP contribution in [0.5, 0.6) is 0 Å². The number of aromatic nitrogens is 2. The summed E-state index contributed by atoms with van der Waals surface area (Å²) in [6, 6.07) is 3.22. The van der Waals surface area contributed by atoms with Crippen LogP contribution in [-0.2, 0) is 6.42 Å². The van der Waals surface area contributed by atoms with E-state index in [0.29, 0.717) is 40.5 Å². The largest absolute Gasteiger partial charge is 0.331 e. The molecule has 0 fully saturated rings. The molecule has 1 aliphatic carbocycles. The molecule has 9 heteroatoms. The Morgan fingerprint density at radius 1 is 1.36 bits per heavy atom. The molecular weight excluding hydrogens is 378 g/mol. The predicted molar refractivity (Wildman–Crippen MR) is 106 cm³/mol. The first kappa shape index (κ1) is 20.1. The molecule has 2 aromatic rings. The Morgan fingerprint density at radius 3 is 2.79 bits per heavy atom.